The molecule has 3 N–H and O–H groups in total. The lowest BCUT2D eigenvalue weighted by Gasteiger charge is -2.36. The zero-order valence-electron chi connectivity index (χ0n) is 18.6. The van der Waals surface area contributed by atoms with Gasteiger partial charge in [-0.2, -0.15) is 0 Å². The lowest BCUT2D eigenvalue weighted by atomic mass is 9.62. The van der Waals surface area contributed by atoms with Crippen LogP contribution in [0, 0.1) is 17.8 Å². The van der Waals surface area contributed by atoms with Crippen LogP contribution >= 0.6 is 11.6 Å². The fourth-order valence-corrected chi connectivity index (χ4v) is 6.09. The first-order valence-electron chi connectivity index (χ1n) is 11.2. The summed E-state index contributed by atoms with van der Waals surface area (Å²) in [4.78, 5) is 41.7. The summed E-state index contributed by atoms with van der Waals surface area (Å²) < 4.78 is 6.55. The molecule has 3 aliphatic rings. The summed E-state index contributed by atoms with van der Waals surface area (Å²) in [7, 11) is 0. The molecule has 6 atom stereocenters. The predicted octanol–water partition coefficient (Wildman–Crippen LogP) is 1.81. The molecule has 8 nitrogen and oxygen atoms in total. The Kier molecular flexibility index (Phi) is 5.98. The Hall–Kier alpha value is -2.16. The number of carbonyl (C=O) groups excluding carboxylic acids is 3. The minimum Gasteiger partial charge on any atom is -0.395 e. The number of benzene rings is 1. The summed E-state index contributed by atoms with van der Waals surface area (Å²) in [5, 5.41) is 15.8. The second-order valence-corrected chi connectivity index (χ2v) is 9.63. The Morgan fingerprint density at radius 1 is 1.31 bits per heavy atom. The van der Waals surface area contributed by atoms with Gasteiger partial charge in [-0.05, 0) is 37.8 Å². The van der Waals surface area contributed by atoms with Crippen LogP contribution in [0.1, 0.15) is 33.6 Å². The second kappa shape index (κ2) is 8.32. The van der Waals surface area contributed by atoms with Crippen molar-refractivity contribution in [2.75, 3.05) is 25.0 Å². The zero-order valence-corrected chi connectivity index (χ0v) is 19.3. The quantitative estimate of drug-likeness (QED) is 0.571. The molecule has 174 valence electrons. The number of β-amino-alcohol motifs (C(OH)–C–C–N with tert-alkyl or cyclic N) is 1. The Morgan fingerprint density at radius 2 is 2.03 bits per heavy atom. The maximum Gasteiger partial charge on any atom is 0.250 e. The molecule has 3 amide bonds. The molecular weight excluding hydrogens is 434 g/mol. The van der Waals surface area contributed by atoms with Crippen molar-refractivity contribution in [1.29, 1.82) is 0 Å². The molecule has 0 radical (unpaired) electrons. The Morgan fingerprint density at radius 3 is 2.69 bits per heavy atom. The fourth-order valence-electron chi connectivity index (χ4n) is 5.91. The number of likely N-dealkylation sites (tertiary alicyclic amines) is 1. The number of aliphatic hydroxyl groups excluding tert-OH is 1. The number of anilines is 1. The molecule has 1 spiro atoms. The third-order valence-electron chi connectivity index (χ3n) is 7.37. The number of hydrogen-bond donors (Lipinski definition) is 3. The number of hydrogen-bond acceptors (Lipinski definition) is 5. The number of amides is 3. The topological polar surface area (TPSA) is 108 Å². The lowest BCUT2D eigenvalue weighted by molar-refractivity contribution is -0.146. The van der Waals surface area contributed by atoms with Crippen LogP contribution in [-0.4, -0.2) is 64.7 Å². The predicted molar refractivity (Wildman–Crippen MR) is 119 cm³/mol. The highest BCUT2D eigenvalue weighted by molar-refractivity contribution is 6.33. The summed E-state index contributed by atoms with van der Waals surface area (Å²) in [5.41, 5.74) is -1.56. The van der Waals surface area contributed by atoms with E-state index in [0.717, 1.165) is 6.42 Å². The molecular formula is C23H30ClN3O5. The smallest absolute Gasteiger partial charge is 0.250 e. The van der Waals surface area contributed by atoms with Crippen molar-refractivity contribution in [1.82, 2.24) is 10.2 Å². The highest BCUT2D eigenvalue weighted by atomic mass is 35.5. The minimum atomic E-state index is -1.14. The monoisotopic (exact) mass is 463 g/mol. The van der Waals surface area contributed by atoms with Gasteiger partial charge in [-0.15, -0.1) is 0 Å². The minimum absolute atomic E-state index is 0.0184. The number of aliphatic hydroxyl groups is 1. The summed E-state index contributed by atoms with van der Waals surface area (Å²) >= 11 is 6.23. The largest absolute Gasteiger partial charge is 0.395 e. The number of fused-ring (bicyclic) bond motifs is 1. The van der Waals surface area contributed by atoms with Gasteiger partial charge >= 0.3 is 0 Å². The molecule has 4 rings (SSSR count). The van der Waals surface area contributed by atoms with Crippen LogP contribution in [0.15, 0.2) is 24.3 Å². The van der Waals surface area contributed by atoms with E-state index < -0.39 is 35.0 Å². The zero-order chi connectivity index (χ0) is 23.3. The first kappa shape index (κ1) is 23.0. The van der Waals surface area contributed by atoms with E-state index in [2.05, 4.69) is 10.6 Å². The summed E-state index contributed by atoms with van der Waals surface area (Å²) in [5.74, 6) is -2.51. The number of rotatable bonds is 7. The third-order valence-corrected chi connectivity index (χ3v) is 7.70. The Balaban J connectivity index is 1.74. The van der Waals surface area contributed by atoms with Crippen molar-refractivity contribution in [2.45, 2.75) is 50.9 Å². The Bertz CT molecular complexity index is 942. The van der Waals surface area contributed by atoms with E-state index in [1.54, 1.807) is 24.3 Å². The number of carbonyl (C=O) groups is 3. The molecule has 0 aromatic heterocycles. The first-order chi connectivity index (χ1) is 15.2. The highest BCUT2D eigenvalue weighted by Crippen LogP contribution is 2.65. The molecule has 0 aliphatic carbocycles. The molecule has 3 aliphatic heterocycles. The molecule has 1 aromatic rings. The van der Waals surface area contributed by atoms with Crippen molar-refractivity contribution in [2.24, 2.45) is 17.8 Å². The van der Waals surface area contributed by atoms with Gasteiger partial charge in [0, 0.05) is 13.1 Å². The van der Waals surface area contributed by atoms with Crippen molar-refractivity contribution in [3.05, 3.63) is 29.3 Å². The molecule has 3 unspecified atom stereocenters. The van der Waals surface area contributed by atoms with Crippen LogP contribution in [0.2, 0.25) is 5.02 Å². The van der Waals surface area contributed by atoms with Crippen LogP contribution in [0.5, 0.6) is 0 Å². The number of nitrogens with zero attached hydrogens (tertiary/aromatic N) is 1. The fraction of sp³-hybridized carbons (Fsp3) is 0.609. The summed E-state index contributed by atoms with van der Waals surface area (Å²) in [6.07, 6.45) is 1.24. The van der Waals surface area contributed by atoms with E-state index >= 15 is 0 Å². The molecule has 3 fully saturated rings. The van der Waals surface area contributed by atoms with Gasteiger partial charge in [0.25, 0.3) is 0 Å². The van der Waals surface area contributed by atoms with Crippen LogP contribution in [0.25, 0.3) is 0 Å². The second-order valence-electron chi connectivity index (χ2n) is 9.22. The van der Waals surface area contributed by atoms with Crippen LogP contribution in [0.4, 0.5) is 5.69 Å². The van der Waals surface area contributed by atoms with Gasteiger partial charge in [-0.1, -0.05) is 37.6 Å². The first-order valence-corrected chi connectivity index (χ1v) is 11.5. The summed E-state index contributed by atoms with van der Waals surface area (Å²) in [6, 6.07) is 5.88. The standard InChI is InChI=1S/C23H30ClN3O5/c1-4-9-25-19(29)16-17-21(31)27(10-11-28)18(23(17)12-13(2)22(16,3)32-23)20(30)26-15-8-6-5-7-14(15)24/h5-8,13,16-18,28H,4,9-12H2,1-3H3,(H,25,29)(H,26,30)/t13?,16-,17-,18?,22+,23?/m0/s1. The molecule has 2 bridgehead atoms. The van der Waals surface area contributed by atoms with Crippen molar-refractivity contribution >= 4 is 35.0 Å². The normalized spacial score (nSPS) is 35.2. The van der Waals surface area contributed by atoms with E-state index in [9.17, 15) is 19.5 Å². The number of ether oxygens (including phenoxy) is 1. The van der Waals surface area contributed by atoms with Gasteiger partial charge in [-0.25, -0.2) is 0 Å². The average molecular weight is 464 g/mol. The maximum atomic E-state index is 13.6. The molecule has 3 heterocycles. The SMILES string of the molecule is CCCNC(=O)[C@@H]1[C@H]2C(=O)N(CCO)C(C(=O)Nc3ccccc3Cl)C23CC(C)[C@@]1(C)O3. The molecule has 32 heavy (non-hydrogen) atoms. The molecule has 1 aromatic carbocycles. The molecule has 0 saturated carbocycles. The van der Waals surface area contributed by atoms with Crippen LogP contribution in [0.3, 0.4) is 0 Å². The van der Waals surface area contributed by atoms with Crippen molar-refractivity contribution in [3.63, 3.8) is 0 Å². The van der Waals surface area contributed by atoms with Crippen LogP contribution in [-0.2, 0) is 19.1 Å². The van der Waals surface area contributed by atoms with E-state index in [1.807, 2.05) is 20.8 Å². The molecule has 9 heteroatoms. The summed E-state index contributed by atoms with van der Waals surface area (Å²) in [6.45, 7) is 6.01. The van der Waals surface area contributed by atoms with E-state index in [4.69, 9.17) is 16.3 Å². The van der Waals surface area contributed by atoms with Gasteiger partial charge in [-0.3, -0.25) is 14.4 Å². The van der Waals surface area contributed by atoms with Gasteiger partial charge in [0.05, 0.1) is 34.8 Å². The number of nitrogens with one attached hydrogen (secondary N) is 2. The van der Waals surface area contributed by atoms with Crippen molar-refractivity contribution in [3.8, 4) is 0 Å². The third kappa shape index (κ3) is 3.23. The lowest BCUT2D eigenvalue weighted by Crippen LogP contribution is -2.54. The highest BCUT2D eigenvalue weighted by Gasteiger charge is 2.79. The van der Waals surface area contributed by atoms with Crippen molar-refractivity contribution < 1.29 is 24.2 Å². The average Bonchev–Trinajstić information content (AvgIpc) is 3.25. The Labute approximate surface area is 192 Å². The maximum absolute atomic E-state index is 13.6. The molecule has 3 saturated heterocycles. The van der Waals surface area contributed by atoms with Gasteiger partial charge in [0.2, 0.25) is 17.7 Å². The van der Waals surface area contributed by atoms with E-state index in [-0.39, 0.29) is 30.9 Å². The van der Waals surface area contributed by atoms with E-state index in [1.165, 1.54) is 4.90 Å². The number of para-hydroxylation sites is 1. The van der Waals surface area contributed by atoms with E-state index in [0.29, 0.717) is 23.7 Å². The number of halogens is 1. The van der Waals surface area contributed by atoms with Gasteiger partial charge in [0.1, 0.15) is 11.6 Å². The van der Waals surface area contributed by atoms with Crippen LogP contribution < -0.4 is 10.6 Å². The van der Waals surface area contributed by atoms with Gasteiger partial charge in [0.15, 0.2) is 0 Å². The van der Waals surface area contributed by atoms with Gasteiger partial charge < -0.3 is 25.4 Å².